The molecule has 0 aliphatic rings. The van der Waals surface area contributed by atoms with Crippen molar-refractivity contribution in [2.45, 2.75) is 0 Å². The molecule has 0 aliphatic carbocycles. The minimum Gasteiger partial charge on any atom is -0.368 e. The SMILES string of the molecule is Nc1nc(N)nc(Nc2ccc(N=Cc3ccc(Nc4nc(N)nc(N)n4)s3)cc2)n1. The van der Waals surface area contributed by atoms with E-state index in [0.717, 1.165) is 21.3 Å². The number of nitrogens with one attached hydrogen (secondary N) is 2. The van der Waals surface area contributed by atoms with Gasteiger partial charge in [0.25, 0.3) is 0 Å². The van der Waals surface area contributed by atoms with Crippen LogP contribution in [0.1, 0.15) is 4.88 Å². The van der Waals surface area contributed by atoms with Crippen molar-refractivity contribution in [1.29, 1.82) is 0 Å². The Morgan fingerprint density at radius 3 is 1.81 bits per heavy atom. The number of nitrogen functional groups attached to an aromatic ring is 4. The highest BCUT2D eigenvalue weighted by molar-refractivity contribution is 7.17. The van der Waals surface area contributed by atoms with E-state index in [2.05, 4.69) is 45.5 Å². The van der Waals surface area contributed by atoms with Crippen LogP contribution in [0, 0.1) is 0 Å². The van der Waals surface area contributed by atoms with Crippen LogP contribution >= 0.6 is 11.3 Å². The molecule has 0 fully saturated rings. The lowest BCUT2D eigenvalue weighted by Gasteiger charge is -2.05. The van der Waals surface area contributed by atoms with E-state index in [-0.39, 0.29) is 35.7 Å². The van der Waals surface area contributed by atoms with Crippen LogP contribution in [0.2, 0.25) is 0 Å². The maximum atomic E-state index is 5.57. The molecule has 0 amide bonds. The predicted octanol–water partition coefficient (Wildman–Crippen LogP) is 1.68. The monoisotopic (exact) mass is 435 g/mol. The number of benzene rings is 1. The van der Waals surface area contributed by atoms with Crippen LogP contribution in [-0.4, -0.2) is 36.1 Å². The van der Waals surface area contributed by atoms with Crippen LogP contribution in [0.4, 0.5) is 52.1 Å². The lowest BCUT2D eigenvalue weighted by molar-refractivity contribution is 1.08. The molecule has 0 saturated carbocycles. The molecule has 3 aromatic heterocycles. The fraction of sp³-hybridized carbons (Fsp3) is 0. The van der Waals surface area contributed by atoms with Crippen LogP contribution < -0.4 is 33.6 Å². The van der Waals surface area contributed by atoms with Crippen molar-refractivity contribution in [2.75, 3.05) is 33.6 Å². The molecule has 10 N–H and O–H groups in total. The molecular weight excluding hydrogens is 418 g/mol. The van der Waals surface area contributed by atoms with Gasteiger partial charge >= 0.3 is 0 Å². The summed E-state index contributed by atoms with van der Waals surface area (Å²) in [5.41, 5.74) is 23.8. The van der Waals surface area contributed by atoms with Crippen LogP contribution in [0.25, 0.3) is 0 Å². The van der Waals surface area contributed by atoms with E-state index in [9.17, 15) is 0 Å². The van der Waals surface area contributed by atoms with Gasteiger partial charge in [-0.05, 0) is 36.4 Å². The third kappa shape index (κ3) is 5.27. The van der Waals surface area contributed by atoms with Gasteiger partial charge in [0.2, 0.25) is 35.7 Å². The number of nitrogens with zero attached hydrogens (tertiary/aromatic N) is 7. The molecule has 0 spiro atoms. The number of hydrogen-bond acceptors (Lipinski definition) is 14. The van der Waals surface area contributed by atoms with E-state index >= 15 is 0 Å². The van der Waals surface area contributed by atoms with Crippen LogP contribution in [-0.2, 0) is 0 Å². The zero-order valence-electron chi connectivity index (χ0n) is 15.9. The average Bonchev–Trinajstić information content (AvgIpc) is 3.13. The highest BCUT2D eigenvalue weighted by Gasteiger charge is 2.05. The summed E-state index contributed by atoms with van der Waals surface area (Å²) in [6.07, 6.45) is 1.75. The molecule has 156 valence electrons. The zero-order chi connectivity index (χ0) is 21.8. The number of rotatable bonds is 6. The van der Waals surface area contributed by atoms with Crippen LogP contribution in [0.3, 0.4) is 0 Å². The van der Waals surface area contributed by atoms with Gasteiger partial charge in [-0.2, -0.15) is 29.9 Å². The molecule has 13 nitrogen and oxygen atoms in total. The summed E-state index contributed by atoms with van der Waals surface area (Å²) in [6.45, 7) is 0. The average molecular weight is 435 g/mol. The summed E-state index contributed by atoms with van der Waals surface area (Å²) in [5.74, 6) is 0.732. The first-order valence-corrected chi connectivity index (χ1v) is 9.57. The molecule has 0 saturated heterocycles. The van der Waals surface area contributed by atoms with Gasteiger partial charge in [-0.25, -0.2) is 0 Å². The normalized spacial score (nSPS) is 11.0. The number of aromatic nitrogens is 6. The quantitative estimate of drug-likeness (QED) is 0.238. The maximum absolute atomic E-state index is 5.57. The smallest absolute Gasteiger partial charge is 0.234 e. The second-order valence-electron chi connectivity index (χ2n) is 6.01. The van der Waals surface area contributed by atoms with Crippen molar-refractivity contribution in [3.63, 3.8) is 0 Å². The van der Waals surface area contributed by atoms with E-state index in [1.807, 2.05) is 36.4 Å². The van der Waals surface area contributed by atoms with Crippen LogP contribution in [0.5, 0.6) is 0 Å². The Bertz CT molecular complexity index is 1190. The summed E-state index contributed by atoms with van der Waals surface area (Å²) < 4.78 is 0. The van der Waals surface area contributed by atoms with Crippen LogP contribution in [0.15, 0.2) is 41.4 Å². The standard InChI is InChI=1S/C17H17N13S/c18-12-25-13(19)28-16(27-12)23-9-3-1-8(2-4-9)22-7-10-5-6-11(31-10)24-17-29-14(20)26-15(21)30-17/h1-7H,(H5,18,19,23,25,27,28)(H5,20,21,24,26,29,30). The first-order chi connectivity index (χ1) is 14.9. The highest BCUT2D eigenvalue weighted by atomic mass is 32.1. The number of nitrogens with two attached hydrogens (primary N) is 4. The minimum absolute atomic E-state index is 0.0449. The highest BCUT2D eigenvalue weighted by Crippen LogP contribution is 2.25. The fourth-order valence-corrected chi connectivity index (χ4v) is 3.20. The van der Waals surface area contributed by atoms with E-state index < -0.39 is 0 Å². The lowest BCUT2D eigenvalue weighted by Crippen LogP contribution is -2.06. The number of thiophene rings is 1. The summed E-state index contributed by atoms with van der Waals surface area (Å²) >= 11 is 1.47. The van der Waals surface area contributed by atoms with Gasteiger partial charge in [0.1, 0.15) is 0 Å². The van der Waals surface area contributed by atoms with Crippen molar-refractivity contribution in [2.24, 2.45) is 4.99 Å². The van der Waals surface area contributed by atoms with Gasteiger partial charge in [-0.15, -0.1) is 11.3 Å². The first-order valence-electron chi connectivity index (χ1n) is 8.75. The number of aliphatic imine (C=N–C) groups is 1. The number of anilines is 8. The Morgan fingerprint density at radius 1 is 0.677 bits per heavy atom. The molecule has 3 heterocycles. The second-order valence-corrected chi connectivity index (χ2v) is 7.12. The van der Waals surface area contributed by atoms with Gasteiger partial charge in [0, 0.05) is 16.8 Å². The van der Waals surface area contributed by atoms with E-state index in [4.69, 9.17) is 22.9 Å². The Morgan fingerprint density at radius 2 is 1.23 bits per heavy atom. The van der Waals surface area contributed by atoms with E-state index in [1.54, 1.807) is 6.21 Å². The molecule has 4 rings (SSSR count). The minimum atomic E-state index is 0.0449. The summed E-state index contributed by atoms with van der Waals surface area (Å²) in [5, 5.41) is 6.85. The molecule has 4 aromatic rings. The molecule has 0 unspecified atom stereocenters. The molecule has 0 atom stereocenters. The predicted molar refractivity (Wildman–Crippen MR) is 122 cm³/mol. The van der Waals surface area contributed by atoms with E-state index in [1.165, 1.54) is 11.3 Å². The summed E-state index contributed by atoms with van der Waals surface area (Å²) in [4.78, 5) is 28.8. The van der Waals surface area contributed by atoms with Crippen molar-refractivity contribution in [3.8, 4) is 0 Å². The van der Waals surface area contributed by atoms with Crippen molar-refractivity contribution >= 4 is 69.6 Å². The van der Waals surface area contributed by atoms with Gasteiger partial charge in [0.15, 0.2) is 0 Å². The van der Waals surface area contributed by atoms with Gasteiger partial charge in [0.05, 0.1) is 10.7 Å². The Kier molecular flexibility index (Phi) is 5.35. The topological polar surface area (TPSA) is 218 Å². The molecule has 0 bridgehead atoms. The zero-order valence-corrected chi connectivity index (χ0v) is 16.7. The molecule has 31 heavy (non-hydrogen) atoms. The lowest BCUT2D eigenvalue weighted by atomic mass is 10.3. The largest absolute Gasteiger partial charge is 0.368 e. The Labute approximate surface area is 179 Å². The molecule has 1 aromatic carbocycles. The Balaban J connectivity index is 1.39. The van der Waals surface area contributed by atoms with Gasteiger partial charge < -0.3 is 33.6 Å². The Hall–Kier alpha value is -4.59. The molecule has 14 heteroatoms. The van der Waals surface area contributed by atoms with Crippen molar-refractivity contribution < 1.29 is 0 Å². The third-order valence-electron chi connectivity index (χ3n) is 3.67. The third-order valence-corrected chi connectivity index (χ3v) is 4.60. The maximum Gasteiger partial charge on any atom is 0.234 e. The van der Waals surface area contributed by atoms with Gasteiger partial charge in [-0.3, -0.25) is 4.99 Å². The van der Waals surface area contributed by atoms with Gasteiger partial charge in [-0.1, -0.05) is 0 Å². The van der Waals surface area contributed by atoms with Crippen molar-refractivity contribution in [1.82, 2.24) is 29.9 Å². The number of hydrogen-bond donors (Lipinski definition) is 6. The fourth-order valence-electron chi connectivity index (χ4n) is 2.43. The van der Waals surface area contributed by atoms with Crippen molar-refractivity contribution in [3.05, 3.63) is 41.3 Å². The molecular formula is C17H17N13S. The summed E-state index contributed by atoms with van der Waals surface area (Å²) in [7, 11) is 0. The molecule has 0 aliphatic heterocycles. The second kappa shape index (κ2) is 8.42. The first kappa shape index (κ1) is 19.7. The summed E-state index contributed by atoms with van der Waals surface area (Å²) in [6, 6.07) is 11.1. The van der Waals surface area contributed by atoms with E-state index in [0.29, 0.717) is 0 Å². The molecule has 0 radical (unpaired) electrons.